The largest absolute Gasteiger partial charge is 0.359 e. The standard InChI is InChI=1S/C10H14Br2N2/c1-7-4-10(13-5-9(7)12)14(3)6-8(2)11/h4-5,8H,6H2,1-3H3. The van der Waals surface area contributed by atoms with E-state index in [4.69, 9.17) is 0 Å². The van der Waals surface area contributed by atoms with Crippen LogP contribution in [-0.2, 0) is 0 Å². The summed E-state index contributed by atoms with van der Waals surface area (Å²) in [7, 11) is 2.05. The van der Waals surface area contributed by atoms with E-state index in [1.165, 1.54) is 5.56 Å². The normalized spacial score (nSPS) is 12.6. The van der Waals surface area contributed by atoms with Crippen molar-refractivity contribution in [3.8, 4) is 0 Å². The molecule has 1 rings (SSSR count). The molecule has 1 atom stereocenters. The Morgan fingerprint density at radius 3 is 2.71 bits per heavy atom. The second kappa shape index (κ2) is 5.12. The Balaban J connectivity index is 2.80. The molecule has 0 aliphatic rings. The number of hydrogen-bond acceptors (Lipinski definition) is 2. The Morgan fingerprint density at radius 2 is 2.21 bits per heavy atom. The highest BCUT2D eigenvalue weighted by atomic mass is 79.9. The number of hydrogen-bond donors (Lipinski definition) is 0. The molecule has 1 heterocycles. The second-order valence-corrected chi connectivity index (χ2v) is 5.87. The van der Waals surface area contributed by atoms with Crippen LogP contribution < -0.4 is 4.90 Å². The van der Waals surface area contributed by atoms with Gasteiger partial charge in [-0.1, -0.05) is 22.9 Å². The Morgan fingerprint density at radius 1 is 1.57 bits per heavy atom. The van der Waals surface area contributed by atoms with Gasteiger partial charge in [-0.2, -0.15) is 0 Å². The van der Waals surface area contributed by atoms with Crippen molar-refractivity contribution in [3.63, 3.8) is 0 Å². The molecule has 4 heteroatoms. The molecule has 0 bridgehead atoms. The van der Waals surface area contributed by atoms with Crippen molar-refractivity contribution in [2.75, 3.05) is 18.5 Å². The Labute approximate surface area is 102 Å². The van der Waals surface area contributed by atoms with Crippen LogP contribution >= 0.6 is 31.9 Å². The molecule has 1 aromatic heterocycles. The summed E-state index contributed by atoms with van der Waals surface area (Å²) in [6.07, 6.45) is 1.85. The van der Waals surface area contributed by atoms with E-state index in [1.54, 1.807) is 0 Å². The molecule has 1 aromatic rings. The van der Waals surface area contributed by atoms with Crippen LogP contribution in [0.15, 0.2) is 16.7 Å². The number of alkyl halides is 1. The lowest BCUT2D eigenvalue weighted by molar-refractivity contribution is 0.859. The van der Waals surface area contributed by atoms with Crippen LogP contribution in [-0.4, -0.2) is 23.4 Å². The van der Waals surface area contributed by atoms with Crippen LogP contribution in [0.5, 0.6) is 0 Å². The molecule has 0 fully saturated rings. The van der Waals surface area contributed by atoms with Gasteiger partial charge in [-0.25, -0.2) is 4.98 Å². The van der Waals surface area contributed by atoms with Crippen molar-refractivity contribution >= 4 is 37.7 Å². The molecular formula is C10H14Br2N2. The molecule has 2 nitrogen and oxygen atoms in total. The van der Waals surface area contributed by atoms with E-state index in [0.717, 1.165) is 16.8 Å². The zero-order chi connectivity index (χ0) is 10.7. The van der Waals surface area contributed by atoms with Crippen molar-refractivity contribution < 1.29 is 0 Å². The van der Waals surface area contributed by atoms with Crippen LogP contribution in [0.4, 0.5) is 5.82 Å². The zero-order valence-electron chi connectivity index (χ0n) is 8.59. The van der Waals surface area contributed by atoms with E-state index in [9.17, 15) is 0 Å². The van der Waals surface area contributed by atoms with Gasteiger partial charge in [0.1, 0.15) is 5.82 Å². The molecule has 0 amide bonds. The van der Waals surface area contributed by atoms with Gasteiger partial charge in [0.05, 0.1) is 0 Å². The van der Waals surface area contributed by atoms with Crippen LogP contribution in [0.2, 0.25) is 0 Å². The number of aromatic nitrogens is 1. The summed E-state index contributed by atoms with van der Waals surface area (Å²) in [5.41, 5.74) is 1.21. The topological polar surface area (TPSA) is 16.1 Å². The average molecular weight is 322 g/mol. The maximum atomic E-state index is 4.35. The molecule has 78 valence electrons. The quantitative estimate of drug-likeness (QED) is 0.793. The Bertz CT molecular complexity index is 313. The van der Waals surface area contributed by atoms with Crippen molar-refractivity contribution in [3.05, 3.63) is 22.3 Å². The lowest BCUT2D eigenvalue weighted by Gasteiger charge is -2.20. The molecule has 0 radical (unpaired) electrons. The van der Waals surface area contributed by atoms with Crippen molar-refractivity contribution in [1.29, 1.82) is 0 Å². The third-order valence-electron chi connectivity index (χ3n) is 1.95. The first kappa shape index (κ1) is 12.0. The molecule has 0 spiro atoms. The Hall–Kier alpha value is -0.0900. The van der Waals surface area contributed by atoms with Gasteiger partial charge >= 0.3 is 0 Å². The average Bonchev–Trinajstić information content (AvgIpc) is 2.08. The van der Waals surface area contributed by atoms with E-state index >= 15 is 0 Å². The van der Waals surface area contributed by atoms with Crippen molar-refractivity contribution in [2.45, 2.75) is 18.7 Å². The van der Waals surface area contributed by atoms with Gasteiger partial charge in [-0.15, -0.1) is 0 Å². The number of halogens is 2. The molecule has 0 N–H and O–H groups in total. The van der Waals surface area contributed by atoms with Gasteiger partial charge in [0.2, 0.25) is 0 Å². The van der Waals surface area contributed by atoms with Crippen LogP contribution in [0.3, 0.4) is 0 Å². The number of nitrogens with zero attached hydrogens (tertiary/aromatic N) is 2. The fraction of sp³-hybridized carbons (Fsp3) is 0.500. The van der Waals surface area contributed by atoms with Crippen molar-refractivity contribution in [1.82, 2.24) is 4.98 Å². The third kappa shape index (κ3) is 3.24. The van der Waals surface area contributed by atoms with E-state index < -0.39 is 0 Å². The predicted octanol–water partition coefficient (Wildman–Crippen LogP) is 3.37. The van der Waals surface area contributed by atoms with Gasteiger partial charge in [0.25, 0.3) is 0 Å². The van der Waals surface area contributed by atoms with Gasteiger partial charge in [-0.05, 0) is 34.5 Å². The van der Waals surface area contributed by atoms with E-state index in [2.05, 4.69) is 61.7 Å². The first-order valence-electron chi connectivity index (χ1n) is 4.48. The number of anilines is 1. The lowest BCUT2D eigenvalue weighted by Crippen LogP contribution is -2.24. The molecule has 0 aliphatic carbocycles. The number of pyridine rings is 1. The van der Waals surface area contributed by atoms with Gasteiger partial charge in [0.15, 0.2) is 0 Å². The molecular weight excluding hydrogens is 308 g/mol. The summed E-state index contributed by atoms with van der Waals surface area (Å²) in [5.74, 6) is 1.01. The first-order valence-corrected chi connectivity index (χ1v) is 6.19. The summed E-state index contributed by atoms with van der Waals surface area (Å²) in [5, 5.41) is 0. The highest BCUT2D eigenvalue weighted by Crippen LogP contribution is 2.19. The summed E-state index contributed by atoms with van der Waals surface area (Å²) >= 11 is 6.97. The first-order chi connectivity index (χ1) is 6.50. The van der Waals surface area contributed by atoms with E-state index in [0.29, 0.717) is 4.83 Å². The molecule has 0 aliphatic heterocycles. The summed E-state index contributed by atoms with van der Waals surface area (Å²) < 4.78 is 1.06. The summed E-state index contributed by atoms with van der Waals surface area (Å²) in [6, 6.07) is 2.08. The van der Waals surface area contributed by atoms with Gasteiger partial charge in [0, 0.05) is 29.1 Å². The van der Waals surface area contributed by atoms with E-state index in [-0.39, 0.29) is 0 Å². The fourth-order valence-corrected chi connectivity index (χ4v) is 1.86. The number of rotatable bonds is 3. The maximum absolute atomic E-state index is 4.35. The highest BCUT2D eigenvalue weighted by Gasteiger charge is 2.06. The van der Waals surface area contributed by atoms with Crippen LogP contribution in [0, 0.1) is 6.92 Å². The number of aryl methyl sites for hydroxylation is 1. The fourth-order valence-electron chi connectivity index (χ4n) is 1.20. The lowest BCUT2D eigenvalue weighted by atomic mass is 10.3. The Kier molecular flexibility index (Phi) is 4.38. The maximum Gasteiger partial charge on any atom is 0.128 e. The van der Waals surface area contributed by atoms with E-state index in [1.807, 2.05) is 13.2 Å². The van der Waals surface area contributed by atoms with Crippen LogP contribution in [0.25, 0.3) is 0 Å². The summed E-state index contributed by atoms with van der Waals surface area (Å²) in [4.78, 5) is 6.96. The molecule has 0 saturated carbocycles. The minimum atomic E-state index is 0.471. The predicted molar refractivity (Wildman–Crippen MR) is 68.3 cm³/mol. The smallest absolute Gasteiger partial charge is 0.128 e. The molecule has 14 heavy (non-hydrogen) atoms. The minimum Gasteiger partial charge on any atom is -0.359 e. The highest BCUT2D eigenvalue weighted by molar-refractivity contribution is 9.10. The monoisotopic (exact) mass is 320 g/mol. The second-order valence-electron chi connectivity index (χ2n) is 3.45. The summed E-state index contributed by atoms with van der Waals surface area (Å²) in [6.45, 7) is 5.15. The minimum absolute atomic E-state index is 0.471. The molecule has 0 saturated heterocycles. The SMILES string of the molecule is Cc1cc(N(C)CC(C)Br)ncc1Br. The zero-order valence-corrected chi connectivity index (χ0v) is 11.8. The third-order valence-corrected chi connectivity index (χ3v) is 3.07. The van der Waals surface area contributed by atoms with Crippen molar-refractivity contribution in [2.24, 2.45) is 0 Å². The molecule has 0 aromatic carbocycles. The van der Waals surface area contributed by atoms with Gasteiger partial charge < -0.3 is 4.90 Å². The molecule has 1 unspecified atom stereocenters. The van der Waals surface area contributed by atoms with Gasteiger partial charge in [-0.3, -0.25) is 0 Å². The van der Waals surface area contributed by atoms with Crippen LogP contribution in [0.1, 0.15) is 12.5 Å².